The molecule has 0 aromatic heterocycles. The van der Waals surface area contributed by atoms with E-state index in [0.29, 0.717) is 11.1 Å². The monoisotopic (exact) mass is 424 g/mol. The van der Waals surface area contributed by atoms with Crippen LogP contribution in [0.2, 0.25) is 0 Å². The van der Waals surface area contributed by atoms with Crippen molar-refractivity contribution in [3.63, 3.8) is 0 Å². The zero-order valence-corrected chi connectivity index (χ0v) is 19.3. The number of hydrogen-bond acceptors (Lipinski definition) is 4. The average molecular weight is 425 g/mol. The van der Waals surface area contributed by atoms with Gasteiger partial charge in [-0.2, -0.15) is 0 Å². The minimum Gasteiger partial charge on any atom is -0.465 e. The number of carbonyl (C=O) groups is 3. The second kappa shape index (κ2) is 10.2. The highest BCUT2D eigenvalue weighted by atomic mass is 16.5. The fourth-order valence-electron chi connectivity index (χ4n) is 3.27. The summed E-state index contributed by atoms with van der Waals surface area (Å²) in [5.74, 6) is -1.38. The SMILES string of the molecule is CCOC(=O)CN(C(=O)c1ccc(CC)cc1)N(C(=O)c1cccc(C)c1)C(C)(C)C. The van der Waals surface area contributed by atoms with Crippen molar-refractivity contribution < 1.29 is 19.1 Å². The number of amides is 2. The van der Waals surface area contributed by atoms with Gasteiger partial charge >= 0.3 is 5.97 Å². The average Bonchev–Trinajstić information content (AvgIpc) is 2.72. The first-order valence-electron chi connectivity index (χ1n) is 10.6. The van der Waals surface area contributed by atoms with Crippen LogP contribution in [-0.2, 0) is 16.0 Å². The van der Waals surface area contributed by atoms with Gasteiger partial charge in [0.15, 0.2) is 0 Å². The maximum absolute atomic E-state index is 13.5. The van der Waals surface area contributed by atoms with Crippen LogP contribution >= 0.6 is 0 Å². The molecule has 166 valence electrons. The van der Waals surface area contributed by atoms with E-state index in [9.17, 15) is 14.4 Å². The van der Waals surface area contributed by atoms with E-state index in [1.54, 1.807) is 37.3 Å². The van der Waals surface area contributed by atoms with Crippen molar-refractivity contribution >= 4 is 17.8 Å². The summed E-state index contributed by atoms with van der Waals surface area (Å²) in [7, 11) is 0. The predicted molar refractivity (Wildman–Crippen MR) is 121 cm³/mol. The van der Waals surface area contributed by atoms with Gasteiger partial charge in [-0.1, -0.05) is 36.8 Å². The minimum absolute atomic E-state index is 0.188. The highest BCUT2D eigenvalue weighted by molar-refractivity contribution is 6.00. The van der Waals surface area contributed by atoms with E-state index in [1.807, 2.05) is 52.8 Å². The Bertz CT molecular complexity index is 929. The maximum Gasteiger partial charge on any atom is 0.327 e. The molecule has 0 aliphatic carbocycles. The number of carbonyl (C=O) groups excluding carboxylic acids is 3. The fourth-order valence-corrected chi connectivity index (χ4v) is 3.27. The number of esters is 1. The van der Waals surface area contributed by atoms with Crippen molar-refractivity contribution in [3.05, 3.63) is 70.8 Å². The second-order valence-electron chi connectivity index (χ2n) is 8.38. The van der Waals surface area contributed by atoms with Crippen molar-refractivity contribution in [2.45, 2.75) is 53.5 Å². The number of ether oxygens (including phenoxy) is 1. The summed E-state index contributed by atoms with van der Waals surface area (Å²) in [4.78, 5) is 39.4. The summed E-state index contributed by atoms with van der Waals surface area (Å²) < 4.78 is 5.09. The van der Waals surface area contributed by atoms with Crippen LogP contribution in [0.15, 0.2) is 48.5 Å². The van der Waals surface area contributed by atoms with E-state index >= 15 is 0 Å². The van der Waals surface area contributed by atoms with E-state index in [0.717, 1.165) is 17.5 Å². The Morgan fingerprint density at radius 3 is 2.06 bits per heavy atom. The summed E-state index contributed by atoms with van der Waals surface area (Å²) in [5.41, 5.74) is 2.09. The lowest BCUT2D eigenvalue weighted by molar-refractivity contribution is -0.148. The summed E-state index contributed by atoms with van der Waals surface area (Å²) in [6.45, 7) is 10.9. The molecule has 2 rings (SSSR count). The molecule has 2 aromatic carbocycles. The van der Waals surface area contributed by atoms with Crippen LogP contribution in [0.5, 0.6) is 0 Å². The number of rotatable bonds is 6. The highest BCUT2D eigenvalue weighted by Crippen LogP contribution is 2.23. The molecule has 0 aliphatic rings. The van der Waals surface area contributed by atoms with E-state index in [2.05, 4.69) is 0 Å². The van der Waals surface area contributed by atoms with E-state index in [-0.39, 0.29) is 19.1 Å². The van der Waals surface area contributed by atoms with Crippen LogP contribution in [0.4, 0.5) is 0 Å². The van der Waals surface area contributed by atoms with Gasteiger partial charge in [0.05, 0.1) is 12.1 Å². The zero-order valence-electron chi connectivity index (χ0n) is 19.3. The molecular formula is C25H32N2O4. The zero-order chi connectivity index (χ0) is 23.2. The molecule has 0 spiro atoms. The quantitative estimate of drug-likeness (QED) is 0.509. The largest absolute Gasteiger partial charge is 0.465 e. The molecule has 0 aliphatic heterocycles. The minimum atomic E-state index is -0.771. The Balaban J connectivity index is 2.53. The number of aryl methyl sites for hydroxylation is 2. The van der Waals surface area contributed by atoms with Crippen LogP contribution in [0.25, 0.3) is 0 Å². The molecular weight excluding hydrogens is 392 g/mol. The summed E-state index contributed by atoms with van der Waals surface area (Å²) in [6.07, 6.45) is 0.848. The predicted octanol–water partition coefficient (Wildman–Crippen LogP) is 4.42. The van der Waals surface area contributed by atoms with Gasteiger partial charge in [0.2, 0.25) is 0 Å². The molecule has 0 heterocycles. The van der Waals surface area contributed by atoms with Gasteiger partial charge in [0, 0.05) is 11.1 Å². The lowest BCUT2D eigenvalue weighted by Gasteiger charge is -2.43. The summed E-state index contributed by atoms with van der Waals surface area (Å²) in [5, 5.41) is 2.55. The second-order valence-corrected chi connectivity index (χ2v) is 8.38. The highest BCUT2D eigenvalue weighted by Gasteiger charge is 2.37. The number of hydrogen-bond donors (Lipinski definition) is 0. The third-order valence-electron chi connectivity index (χ3n) is 4.76. The molecule has 0 unspecified atom stereocenters. The van der Waals surface area contributed by atoms with E-state index in [1.165, 1.54) is 10.0 Å². The van der Waals surface area contributed by atoms with Gasteiger partial charge in [0.1, 0.15) is 6.54 Å². The lowest BCUT2D eigenvalue weighted by Crippen LogP contribution is -2.59. The Morgan fingerprint density at radius 1 is 0.903 bits per heavy atom. The first kappa shape index (κ1) is 24.1. The van der Waals surface area contributed by atoms with Gasteiger partial charge in [0.25, 0.3) is 11.8 Å². The molecule has 0 radical (unpaired) electrons. The normalized spacial score (nSPS) is 11.0. The van der Waals surface area contributed by atoms with Crippen LogP contribution in [-0.4, -0.2) is 46.5 Å². The van der Waals surface area contributed by atoms with Crippen molar-refractivity contribution in [3.8, 4) is 0 Å². The molecule has 2 aromatic rings. The van der Waals surface area contributed by atoms with E-state index < -0.39 is 17.4 Å². The molecule has 0 N–H and O–H groups in total. The van der Waals surface area contributed by atoms with Gasteiger partial charge in [-0.05, 0) is 70.9 Å². The fraction of sp³-hybridized carbons (Fsp3) is 0.400. The van der Waals surface area contributed by atoms with E-state index in [4.69, 9.17) is 4.74 Å². The first-order chi connectivity index (χ1) is 14.6. The molecule has 0 fully saturated rings. The molecule has 0 saturated carbocycles. The van der Waals surface area contributed by atoms with Crippen molar-refractivity contribution in [2.75, 3.05) is 13.2 Å². The van der Waals surface area contributed by atoms with Crippen LogP contribution in [0.3, 0.4) is 0 Å². The molecule has 0 atom stereocenters. The molecule has 0 bridgehead atoms. The van der Waals surface area contributed by atoms with Crippen molar-refractivity contribution in [1.82, 2.24) is 10.0 Å². The first-order valence-corrected chi connectivity index (χ1v) is 10.6. The van der Waals surface area contributed by atoms with Gasteiger partial charge in [-0.15, -0.1) is 0 Å². The molecule has 2 amide bonds. The van der Waals surface area contributed by atoms with Crippen molar-refractivity contribution in [1.29, 1.82) is 0 Å². The summed E-state index contributed by atoms with van der Waals surface area (Å²) >= 11 is 0. The van der Waals surface area contributed by atoms with Gasteiger partial charge in [-0.25, -0.2) is 10.0 Å². The molecule has 0 saturated heterocycles. The van der Waals surface area contributed by atoms with Crippen molar-refractivity contribution in [2.24, 2.45) is 0 Å². The maximum atomic E-state index is 13.5. The molecule has 6 heteroatoms. The van der Waals surface area contributed by atoms with Gasteiger partial charge in [-0.3, -0.25) is 14.4 Å². The Morgan fingerprint density at radius 2 is 1.55 bits per heavy atom. The van der Waals surface area contributed by atoms with Crippen LogP contribution in [0, 0.1) is 6.92 Å². The standard InChI is InChI=1S/C25H32N2O4/c1-7-19-12-14-20(15-13-19)23(29)26(17-22(28)31-8-2)27(25(4,5)6)24(30)21-11-9-10-18(3)16-21/h9-16H,7-8,17H2,1-6H3. The third kappa shape index (κ3) is 6.17. The van der Waals surface area contributed by atoms with Crippen LogP contribution < -0.4 is 0 Å². The number of nitrogens with zero attached hydrogens (tertiary/aromatic N) is 2. The molecule has 31 heavy (non-hydrogen) atoms. The topological polar surface area (TPSA) is 66.9 Å². The smallest absolute Gasteiger partial charge is 0.327 e. The van der Waals surface area contributed by atoms with Gasteiger partial charge < -0.3 is 4.74 Å². The summed E-state index contributed by atoms with van der Waals surface area (Å²) in [6, 6.07) is 14.4. The lowest BCUT2D eigenvalue weighted by atomic mass is 10.0. The third-order valence-corrected chi connectivity index (χ3v) is 4.76. The Kier molecular flexibility index (Phi) is 7.97. The van der Waals surface area contributed by atoms with Crippen LogP contribution in [0.1, 0.15) is 66.5 Å². The Labute approximate surface area is 184 Å². The number of benzene rings is 2. The number of hydrazine groups is 1. The Hall–Kier alpha value is -3.15. The molecule has 6 nitrogen and oxygen atoms in total.